The molecule has 1 unspecified atom stereocenters. The van der Waals surface area contributed by atoms with Gasteiger partial charge in [-0.2, -0.15) is 0 Å². The third-order valence-electron chi connectivity index (χ3n) is 3.91. The highest BCUT2D eigenvalue weighted by Gasteiger charge is 2.10. The number of rotatable bonds is 9. The minimum Gasteiger partial charge on any atom is -0.312 e. The SMILES string of the molecule is CCC(C)N(CC)Cc1ccc(CNCC(C)C)cc1. The molecule has 0 heterocycles. The van der Waals surface area contributed by atoms with Gasteiger partial charge in [0.05, 0.1) is 0 Å². The summed E-state index contributed by atoms with van der Waals surface area (Å²) >= 11 is 0. The van der Waals surface area contributed by atoms with Crippen molar-refractivity contribution in [3.8, 4) is 0 Å². The zero-order valence-electron chi connectivity index (χ0n) is 13.9. The summed E-state index contributed by atoms with van der Waals surface area (Å²) in [6.07, 6.45) is 1.21. The molecule has 0 aliphatic carbocycles. The van der Waals surface area contributed by atoms with Gasteiger partial charge >= 0.3 is 0 Å². The second kappa shape index (κ2) is 9.15. The number of nitrogens with one attached hydrogen (secondary N) is 1. The van der Waals surface area contributed by atoms with Crippen LogP contribution in [0.1, 0.15) is 52.2 Å². The molecule has 0 aromatic heterocycles. The molecule has 1 N–H and O–H groups in total. The minimum atomic E-state index is 0.660. The van der Waals surface area contributed by atoms with Crippen molar-refractivity contribution in [1.29, 1.82) is 0 Å². The van der Waals surface area contributed by atoms with Crippen LogP contribution in [0.3, 0.4) is 0 Å². The van der Waals surface area contributed by atoms with Gasteiger partial charge in [0.1, 0.15) is 0 Å². The Balaban J connectivity index is 2.49. The molecule has 0 spiro atoms. The van der Waals surface area contributed by atoms with E-state index in [4.69, 9.17) is 0 Å². The Bertz CT molecular complexity index is 356. The molecular formula is C18H32N2. The predicted molar refractivity (Wildman–Crippen MR) is 88.8 cm³/mol. The van der Waals surface area contributed by atoms with Crippen LogP contribution in [0.15, 0.2) is 24.3 Å². The van der Waals surface area contributed by atoms with Crippen molar-refractivity contribution < 1.29 is 0 Å². The summed E-state index contributed by atoms with van der Waals surface area (Å²) in [7, 11) is 0. The normalized spacial score (nSPS) is 13.2. The predicted octanol–water partition coefficient (Wildman–Crippen LogP) is 4.05. The third-order valence-corrected chi connectivity index (χ3v) is 3.91. The standard InChI is InChI=1S/C18H32N2/c1-6-16(5)20(7-2)14-18-10-8-17(9-11-18)13-19-12-15(3)4/h8-11,15-16,19H,6-7,12-14H2,1-5H3. The van der Waals surface area contributed by atoms with Gasteiger partial charge in [-0.25, -0.2) is 0 Å². The quantitative estimate of drug-likeness (QED) is 0.732. The topological polar surface area (TPSA) is 15.3 Å². The lowest BCUT2D eigenvalue weighted by Crippen LogP contribution is -2.31. The summed E-state index contributed by atoms with van der Waals surface area (Å²) < 4.78 is 0. The van der Waals surface area contributed by atoms with Gasteiger partial charge in [-0.1, -0.05) is 52.0 Å². The van der Waals surface area contributed by atoms with Crippen LogP contribution in [0.25, 0.3) is 0 Å². The first-order chi connectivity index (χ1) is 9.56. The monoisotopic (exact) mass is 276 g/mol. The van der Waals surface area contributed by atoms with E-state index in [1.54, 1.807) is 0 Å². The smallest absolute Gasteiger partial charge is 0.0236 e. The molecule has 1 aromatic rings. The molecular weight excluding hydrogens is 244 g/mol. The van der Waals surface area contributed by atoms with Crippen LogP contribution in [0.2, 0.25) is 0 Å². The first-order valence-electron chi connectivity index (χ1n) is 8.09. The fourth-order valence-corrected chi connectivity index (χ4v) is 2.34. The van der Waals surface area contributed by atoms with Crippen LogP contribution in [0.5, 0.6) is 0 Å². The zero-order chi connectivity index (χ0) is 15.0. The Labute approximate surface area is 125 Å². The molecule has 0 aliphatic heterocycles. The van der Waals surface area contributed by atoms with E-state index in [2.05, 4.69) is 69.1 Å². The van der Waals surface area contributed by atoms with Gasteiger partial charge < -0.3 is 5.32 Å². The largest absolute Gasteiger partial charge is 0.312 e. The highest BCUT2D eigenvalue weighted by molar-refractivity contribution is 5.22. The van der Waals surface area contributed by atoms with Gasteiger partial charge in [-0.3, -0.25) is 4.90 Å². The first kappa shape index (κ1) is 17.2. The molecule has 1 aromatic carbocycles. The summed E-state index contributed by atoms with van der Waals surface area (Å²) in [6, 6.07) is 9.72. The molecule has 2 heteroatoms. The van der Waals surface area contributed by atoms with Crippen molar-refractivity contribution in [2.75, 3.05) is 13.1 Å². The number of nitrogens with zero attached hydrogens (tertiary/aromatic N) is 1. The van der Waals surface area contributed by atoms with Crippen molar-refractivity contribution >= 4 is 0 Å². The van der Waals surface area contributed by atoms with Crippen molar-refractivity contribution in [2.24, 2.45) is 5.92 Å². The van der Waals surface area contributed by atoms with E-state index in [0.717, 1.165) is 26.2 Å². The molecule has 0 aliphatic rings. The van der Waals surface area contributed by atoms with Crippen molar-refractivity contribution in [3.05, 3.63) is 35.4 Å². The maximum atomic E-state index is 3.49. The summed E-state index contributed by atoms with van der Waals surface area (Å²) in [5.41, 5.74) is 2.79. The number of benzene rings is 1. The van der Waals surface area contributed by atoms with Gasteiger partial charge in [0, 0.05) is 19.1 Å². The Hall–Kier alpha value is -0.860. The number of hydrogen-bond acceptors (Lipinski definition) is 2. The molecule has 114 valence electrons. The molecule has 0 bridgehead atoms. The van der Waals surface area contributed by atoms with Crippen LogP contribution in [-0.4, -0.2) is 24.0 Å². The Kier molecular flexibility index (Phi) is 7.86. The van der Waals surface area contributed by atoms with Gasteiger partial charge in [0.2, 0.25) is 0 Å². The molecule has 0 amide bonds. The molecule has 20 heavy (non-hydrogen) atoms. The van der Waals surface area contributed by atoms with Crippen molar-refractivity contribution in [3.63, 3.8) is 0 Å². The van der Waals surface area contributed by atoms with Crippen molar-refractivity contribution in [2.45, 2.75) is 60.2 Å². The van der Waals surface area contributed by atoms with Gasteiger partial charge in [-0.15, -0.1) is 0 Å². The average Bonchev–Trinajstić information content (AvgIpc) is 2.45. The van der Waals surface area contributed by atoms with E-state index >= 15 is 0 Å². The van der Waals surface area contributed by atoms with Crippen molar-refractivity contribution in [1.82, 2.24) is 10.2 Å². The minimum absolute atomic E-state index is 0.660. The van der Waals surface area contributed by atoms with Gasteiger partial charge in [-0.05, 0) is 43.5 Å². The molecule has 0 saturated carbocycles. The zero-order valence-corrected chi connectivity index (χ0v) is 13.9. The summed E-state index contributed by atoms with van der Waals surface area (Å²) in [5.74, 6) is 0.711. The molecule has 2 nitrogen and oxygen atoms in total. The fraction of sp³-hybridized carbons (Fsp3) is 0.667. The molecule has 0 fully saturated rings. The highest BCUT2D eigenvalue weighted by Crippen LogP contribution is 2.11. The highest BCUT2D eigenvalue weighted by atomic mass is 15.1. The van der Waals surface area contributed by atoms with E-state index < -0.39 is 0 Å². The van der Waals surface area contributed by atoms with E-state index in [0.29, 0.717) is 12.0 Å². The lowest BCUT2D eigenvalue weighted by atomic mass is 10.1. The maximum absolute atomic E-state index is 3.49. The average molecular weight is 276 g/mol. The van der Waals surface area contributed by atoms with Crippen LogP contribution in [-0.2, 0) is 13.1 Å². The molecule has 1 atom stereocenters. The first-order valence-corrected chi connectivity index (χ1v) is 8.09. The Morgan fingerprint density at radius 2 is 1.60 bits per heavy atom. The van der Waals surface area contributed by atoms with E-state index in [1.807, 2.05) is 0 Å². The molecule has 1 rings (SSSR count). The van der Waals surface area contributed by atoms with Crippen LogP contribution >= 0.6 is 0 Å². The summed E-state index contributed by atoms with van der Waals surface area (Å²) in [5, 5.41) is 3.49. The Morgan fingerprint density at radius 3 is 2.10 bits per heavy atom. The fourth-order valence-electron chi connectivity index (χ4n) is 2.34. The van der Waals surface area contributed by atoms with Crippen LogP contribution in [0.4, 0.5) is 0 Å². The maximum Gasteiger partial charge on any atom is 0.0236 e. The van der Waals surface area contributed by atoms with Gasteiger partial charge in [0.25, 0.3) is 0 Å². The van der Waals surface area contributed by atoms with E-state index in [-0.39, 0.29) is 0 Å². The number of hydrogen-bond donors (Lipinski definition) is 1. The summed E-state index contributed by atoms with van der Waals surface area (Å²) in [6.45, 7) is 15.5. The molecule has 0 saturated heterocycles. The Morgan fingerprint density at radius 1 is 1.00 bits per heavy atom. The van der Waals surface area contributed by atoms with E-state index in [9.17, 15) is 0 Å². The van der Waals surface area contributed by atoms with Crippen LogP contribution in [0, 0.1) is 5.92 Å². The van der Waals surface area contributed by atoms with Gasteiger partial charge in [0.15, 0.2) is 0 Å². The third kappa shape index (κ3) is 6.06. The lowest BCUT2D eigenvalue weighted by Gasteiger charge is -2.27. The summed E-state index contributed by atoms with van der Waals surface area (Å²) in [4.78, 5) is 2.53. The lowest BCUT2D eigenvalue weighted by molar-refractivity contribution is 0.206. The second-order valence-electron chi connectivity index (χ2n) is 6.16. The van der Waals surface area contributed by atoms with E-state index in [1.165, 1.54) is 17.5 Å². The molecule has 0 radical (unpaired) electrons. The second-order valence-corrected chi connectivity index (χ2v) is 6.16. The van der Waals surface area contributed by atoms with Crippen LogP contribution < -0.4 is 5.32 Å².